The van der Waals surface area contributed by atoms with E-state index in [0.717, 1.165) is 40.7 Å². The van der Waals surface area contributed by atoms with Gasteiger partial charge in [-0.3, -0.25) is 9.78 Å². The molecule has 0 spiro atoms. The van der Waals surface area contributed by atoms with Crippen molar-refractivity contribution in [3.8, 4) is 16.9 Å². The van der Waals surface area contributed by atoms with Crippen LogP contribution >= 0.6 is 12.4 Å². The summed E-state index contributed by atoms with van der Waals surface area (Å²) in [4.78, 5) is 18.1. The Hall–Kier alpha value is -2.59. The molecule has 1 aliphatic rings. The first-order valence-corrected chi connectivity index (χ1v) is 9.12. The van der Waals surface area contributed by atoms with Crippen LogP contribution in [0.2, 0.25) is 0 Å². The van der Waals surface area contributed by atoms with Gasteiger partial charge in [0.05, 0.1) is 12.1 Å². The van der Waals surface area contributed by atoms with Crippen LogP contribution in [0.5, 0.6) is 5.75 Å². The summed E-state index contributed by atoms with van der Waals surface area (Å²) in [6.07, 6.45) is 3.35. The first-order chi connectivity index (χ1) is 12.7. The van der Waals surface area contributed by atoms with Crippen LogP contribution in [0.1, 0.15) is 19.8 Å². The van der Waals surface area contributed by atoms with Crippen molar-refractivity contribution in [3.63, 3.8) is 0 Å². The Morgan fingerprint density at radius 2 is 1.93 bits per heavy atom. The zero-order chi connectivity index (χ0) is 17.9. The first-order valence-electron chi connectivity index (χ1n) is 9.12. The second kappa shape index (κ2) is 8.40. The van der Waals surface area contributed by atoms with Crippen LogP contribution in [0.3, 0.4) is 0 Å². The Balaban J connectivity index is 0.00000210. The largest absolute Gasteiger partial charge is 0.489 e. The fraction of sp³-hybridized carbons (Fsp3) is 0.273. The van der Waals surface area contributed by atoms with Crippen molar-refractivity contribution in [3.05, 3.63) is 60.8 Å². The Kier molecular flexibility index (Phi) is 5.97. The third-order valence-electron chi connectivity index (χ3n) is 4.90. The maximum absolute atomic E-state index is 11.8. The van der Waals surface area contributed by atoms with Gasteiger partial charge in [0.1, 0.15) is 11.9 Å². The van der Waals surface area contributed by atoms with Crippen LogP contribution in [0.15, 0.2) is 60.8 Å². The van der Waals surface area contributed by atoms with Crippen molar-refractivity contribution in [2.75, 3.05) is 13.1 Å². The van der Waals surface area contributed by atoms with Gasteiger partial charge in [-0.25, -0.2) is 0 Å². The molecule has 5 heteroatoms. The number of likely N-dealkylation sites (tertiary alicyclic amines) is 1. The maximum atomic E-state index is 11.8. The third-order valence-corrected chi connectivity index (χ3v) is 4.90. The van der Waals surface area contributed by atoms with E-state index in [9.17, 15) is 4.79 Å². The molecule has 1 amide bonds. The van der Waals surface area contributed by atoms with Gasteiger partial charge in [-0.15, -0.1) is 12.4 Å². The minimum absolute atomic E-state index is 0. The normalized spacial score (nSPS) is 16.2. The summed E-state index contributed by atoms with van der Waals surface area (Å²) in [5.41, 5.74) is 3.28. The number of benzene rings is 2. The fourth-order valence-corrected chi connectivity index (χ4v) is 3.44. The van der Waals surface area contributed by atoms with Gasteiger partial charge in [0.15, 0.2) is 0 Å². The van der Waals surface area contributed by atoms with Crippen LogP contribution in [-0.2, 0) is 4.79 Å². The number of carbonyl (C=O) groups excluding carboxylic acids is 1. The van der Waals surface area contributed by atoms with E-state index >= 15 is 0 Å². The highest BCUT2D eigenvalue weighted by molar-refractivity contribution is 5.85. The number of amides is 1. The summed E-state index contributed by atoms with van der Waals surface area (Å²) in [5, 5.41) is 1.14. The van der Waals surface area contributed by atoms with E-state index < -0.39 is 0 Å². The zero-order valence-electron chi connectivity index (χ0n) is 15.3. The molecular formula is C22H23ClN2O2. The second-order valence-electron chi connectivity index (χ2n) is 6.66. The van der Waals surface area contributed by atoms with Gasteiger partial charge in [0.2, 0.25) is 5.91 Å². The maximum Gasteiger partial charge on any atom is 0.222 e. The smallest absolute Gasteiger partial charge is 0.222 e. The molecule has 4 nitrogen and oxygen atoms in total. The molecule has 2 heterocycles. The first kappa shape index (κ1) is 19.2. The third kappa shape index (κ3) is 4.22. The van der Waals surface area contributed by atoms with E-state index in [-0.39, 0.29) is 24.4 Å². The predicted molar refractivity (Wildman–Crippen MR) is 110 cm³/mol. The molecule has 140 valence electrons. The molecule has 0 saturated carbocycles. The summed E-state index contributed by atoms with van der Waals surface area (Å²) in [6, 6.07) is 18.5. The lowest BCUT2D eigenvalue weighted by molar-refractivity contribution is -0.130. The molecule has 0 bridgehead atoms. The standard InChI is InChI=1S/C22H22N2O2.ClH/c1-2-22(25)24-13-11-20(15-24)26-19-9-7-16(8-10-19)18-6-5-17-4-3-12-23-21(17)14-18;/h3-10,12,14,20H,2,11,13,15H2,1H3;1H. The average molecular weight is 383 g/mol. The summed E-state index contributed by atoms with van der Waals surface area (Å²) in [5.74, 6) is 1.06. The Bertz CT molecular complexity index is 927. The second-order valence-corrected chi connectivity index (χ2v) is 6.66. The van der Waals surface area contributed by atoms with Gasteiger partial charge in [-0.2, -0.15) is 0 Å². The minimum Gasteiger partial charge on any atom is -0.489 e. The SMILES string of the molecule is CCC(=O)N1CCC(Oc2ccc(-c3ccc4cccnc4c3)cc2)C1.Cl. The molecule has 3 aromatic rings. The molecule has 1 fully saturated rings. The summed E-state index contributed by atoms with van der Waals surface area (Å²) < 4.78 is 6.06. The van der Waals surface area contributed by atoms with E-state index in [0.29, 0.717) is 13.0 Å². The number of hydrogen-bond donors (Lipinski definition) is 0. The zero-order valence-corrected chi connectivity index (χ0v) is 16.1. The van der Waals surface area contributed by atoms with E-state index in [1.54, 1.807) is 0 Å². The van der Waals surface area contributed by atoms with Gasteiger partial charge in [0, 0.05) is 31.0 Å². The Labute approximate surface area is 165 Å². The monoisotopic (exact) mass is 382 g/mol. The topological polar surface area (TPSA) is 42.4 Å². The molecule has 0 aliphatic carbocycles. The number of aromatic nitrogens is 1. The highest BCUT2D eigenvalue weighted by Crippen LogP contribution is 2.26. The van der Waals surface area contributed by atoms with Gasteiger partial charge in [-0.05, 0) is 35.4 Å². The van der Waals surface area contributed by atoms with E-state index in [1.807, 2.05) is 36.2 Å². The Morgan fingerprint density at radius 1 is 1.15 bits per heavy atom. The van der Waals surface area contributed by atoms with Crippen molar-refractivity contribution < 1.29 is 9.53 Å². The van der Waals surface area contributed by atoms with Crippen molar-refractivity contribution >= 4 is 29.2 Å². The van der Waals surface area contributed by atoms with Crippen molar-refractivity contribution in [1.29, 1.82) is 0 Å². The molecule has 4 rings (SSSR count). The van der Waals surface area contributed by atoms with Gasteiger partial charge >= 0.3 is 0 Å². The average Bonchev–Trinajstić information content (AvgIpc) is 3.16. The summed E-state index contributed by atoms with van der Waals surface area (Å²) >= 11 is 0. The molecule has 1 saturated heterocycles. The molecular weight excluding hydrogens is 360 g/mol. The van der Waals surface area contributed by atoms with Crippen LogP contribution in [-0.4, -0.2) is 35.0 Å². The lowest BCUT2D eigenvalue weighted by Gasteiger charge is -2.16. The molecule has 1 aromatic heterocycles. The lowest BCUT2D eigenvalue weighted by Crippen LogP contribution is -2.30. The molecule has 0 radical (unpaired) electrons. The number of halogens is 1. The van der Waals surface area contributed by atoms with Gasteiger partial charge < -0.3 is 9.64 Å². The number of rotatable bonds is 4. The van der Waals surface area contributed by atoms with Crippen molar-refractivity contribution in [1.82, 2.24) is 9.88 Å². The fourth-order valence-electron chi connectivity index (χ4n) is 3.44. The number of nitrogens with zero attached hydrogens (tertiary/aromatic N) is 2. The molecule has 1 unspecified atom stereocenters. The van der Waals surface area contributed by atoms with Crippen LogP contribution in [0.25, 0.3) is 22.0 Å². The predicted octanol–water partition coefficient (Wildman–Crippen LogP) is 4.71. The number of carbonyl (C=O) groups is 1. The number of pyridine rings is 1. The lowest BCUT2D eigenvalue weighted by atomic mass is 10.0. The van der Waals surface area contributed by atoms with E-state index in [4.69, 9.17) is 4.74 Å². The summed E-state index contributed by atoms with van der Waals surface area (Å²) in [6.45, 7) is 3.38. The molecule has 1 atom stereocenters. The number of hydrogen-bond acceptors (Lipinski definition) is 3. The van der Waals surface area contributed by atoms with Crippen molar-refractivity contribution in [2.45, 2.75) is 25.9 Å². The van der Waals surface area contributed by atoms with E-state index in [1.165, 1.54) is 0 Å². The Morgan fingerprint density at radius 3 is 2.70 bits per heavy atom. The highest BCUT2D eigenvalue weighted by atomic mass is 35.5. The van der Waals surface area contributed by atoms with Crippen LogP contribution in [0.4, 0.5) is 0 Å². The molecule has 2 aromatic carbocycles. The van der Waals surface area contributed by atoms with Gasteiger partial charge in [-0.1, -0.05) is 37.3 Å². The van der Waals surface area contributed by atoms with E-state index in [2.05, 4.69) is 41.4 Å². The van der Waals surface area contributed by atoms with Gasteiger partial charge in [0.25, 0.3) is 0 Å². The quantitative estimate of drug-likeness (QED) is 0.656. The number of fused-ring (bicyclic) bond motifs is 1. The van der Waals surface area contributed by atoms with Crippen molar-refractivity contribution in [2.24, 2.45) is 0 Å². The number of ether oxygens (including phenoxy) is 1. The minimum atomic E-state index is 0. The molecule has 1 aliphatic heterocycles. The highest BCUT2D eigenvalue weighted by Gasteiger charge is 2.26. The van der Waals surface area contributed by atoms with Crippen LogP contribution in [0, 0.1) is 0 Å². The summed E-state index contributed by atoms with van der Waals surface area (Å²) in [7, 11) is 0. The molecule has 27 heavy (non-hydrogen) atoms. The van der Waals surface area contributed by atoms with Crippen LogP contribution < -0.4 is 4.74 Å². The molecule has 0 N–H and O–H groups in total.